The van der Waals surface area contributed by atoms with Crippen LogP contribution in [0, 0.1) is 13.8 Å². The minimum absolute atomic E-state index is 0.0405. The second kappa shape index (κ2) is 7.06. The van der Waals surface area contributed by atoms with Gasteiger partial charge in [0.15, 0.2) is 11.6 Å². The van der Waals surface area contributed by atoms with Crippen molar-refractivity contribution in [3.63, 3.8) is 0 Å². The van der Waals surface area contributed by atoms with Crippen LogP contribution in [0.1, 0.15) is 39.0 Å². The van der Waals surface area contributed by atoms with Gasteiger partial charge in [0.05, 0.1) is 17.1 Å². The topological polar surface area (TPSA) is 80.6 Å². The molecule has 128 valence electrons. The van der Waals surface area contributed by atoms with Gasteiger partial charge in [0.2, 0.25) is 5.16 Å². The summed E-state index contributed by atoms with van der Waals surface area (Å²) in [5.74, 6) is 0.0899. The van der Waals surface area contributed by atoms with Crippen LogP contribution in [-0.2, 0) is 0 Å². The van der Waals surface area contributed by atoms with E-state index in [0.717, 1.165) is 11.4 Å². The van der Waals surface area contributed by atoms with Crippen LogP contribution in [0.2, 0.25) is 0 Å². The predicted molar refractivity (Wildman–Crippen MR) is 96.7 cm³/mol. The van der Waals surface area contributed by atoms with Crippen molar-refractivity contribution in [3.05, 3.63) is 59.2 Å². The molecule has 0 aliphatic heterocycles. The third kappa shape index (κ3) is 3.56. The summed E-state index contributed by atoms with van der Waals surface area (Å²) in [6.07, 6.45) is 1.63. The van der Waals surface area contributed by atoms with Crippen molar-refractivity contribution in [2.45, 2.75) is 25.9 Å². The molecule has 0 amide bonds. The first-order chi connectivity index (χ1) is 12.0. The molecule has 7 heteroatoms. The predicted octanol–water partition coefficient (Wildman–Crippen LogP) is 3.39. The zero-order valence-electron chi connectivity index (χ0n) is 14.2. The van der Waals surface area contributed by atoms with Crippen molar-refractivity contribution in [2.75, 3.05) is 5.75 Å². The molecule has 0 fully saturated rings. The normalized spacial score (nSPS) is 10.8. The van der Waals surface area contributed by atoms with Crippen LogP contribution < -0.4 is 0 Å². The van der Waals surface area contributed by atoms with Crippen LogP contribution in [0.4, 0.5) is 0 Å². The van der Waals surface area contributed by atoms with Gasteiger partial charge in [-0.2, -0.15) is 0 Å². The van der Waals surface area contributed by atoms with Crippen molar-refractivity contribution < 1.29 is 9.59 Å². The van der Waals surface area contributed by atoms with E-state index in [4.69, 9.17) is 0 Å². The maximum atomic E-state index is 12.5. The van der Waals surface area contributed by atoms with Crippen LogP contribution in [0.3, 0.4) is 0 Å². The van der Waals surface area contributed by atoms with Crippen molar-refractivity contribution in [2.24, 2.45) is 0 Å². The van der Waals surface area contributed by atoms with Gasteiger partial charge in [0.25, 0.3) is 0 Å². The number of aryl methyl sites for hydroxylation is 1. The summed E-state index contributed by atoms with van der Waals surface area (Å²) >= 11 is 1.27. The molecule has 0 saturated carbocycles. The summed E-state index contributed by atoms with van der Waals surface area (Å²) in [5, 5.41) is 4.90. The third-order valence-corrected chi connectivity index (χ3v) is 4.74. The number of carbonyl (C=O) groups is 2. The summed E-state index contributed by atoms with van der Waals surface area (Å²) in [7, 11) is 0. The first kappa shape index (κ1) is 17.2. The SMILES string of the molecule is CC(=O)c1c(C)[nH]c(C(=O)CSc2ncn(-c3ccccc3)n2)c1C. The fourth-order valence-electron chi connectivity index (χ4n) is 2.78. The van der Waals surface area contributed by atoms with E-state index < -0.39 is 0 Å². The third-order valence-electron chi connectivity index (χ3n) is 3.89. The van der Waals surface area contributed by atoms with Crippen LogP contribution in [0.25, 0.3) is 5.69 Å². The number of hydrogen-bond donors (Lipinski definition) is 1. The zero-order chi connectivity index (χ0) is 18.0. The standard InChI is InChI=1S/C18H18N4O2S/c1-11-16(13(3)23)12(2)20-17(11)15(24)9-25-18-19-10-22(21-18)14-7-5-4-6-8-14/h4-8,10,20H,9H2,1-3H3. The number of aromatic amines is 1. The van der Waals surface area contributed by atoms with E-state index in [0.29, 0.717) is 22.0 Å². The highest BCUT2D eigenvalue weighted by Gasteiger charge is 2.20. The first-order valence-corrected chi connectivity index (χ1v) is 8.79. The van der Waals surface area contributed by atoms with Gasteiger partial charge in [0.1, 0.15) is 6.33 Å². The van der Waals surface area contributed by atoms with Crippen LogP contribution in [-0.4, -0.2) is 37.1 Å². The Kier molecular flexibility index (Phi) is 4.85. The molecule has 3 aromatic rings. The van der Waals surface area contributed by atoms with E-state index >= 15 is 0 Å². The van der Waals surface area contributed by atoms with E-state index in [-0.39, 0.29) is 17.3 Å². The number of nitrogens with zero attached hydrogens (tertiary/aromatic N) is 3. The van der Waals surface area contributed by atoms with Crippen LogP contribution in [0.5, 0.6) is 0 Å². The minimum atomic E-state index is -0.0749. The summed E-state index contributed by atoms with van der Waals surface area (Å²) in [5.41, 5.74) is 3.43. The average molecular weight is 354 g/mol. The van der Waals surface area contributed by atoms with E-state index in [9.17, 15) is 9.59 Å². The van der Waals surface area contributed by atoms with E-state index in [2.05, 4.69) is 15.1 Å². The molecule has 0 radical (unpaired) electrons. The number of Topliss-reactive ketones (excluding diaryl/α,β-unsaturated/α-hetero) is 2. The Labute approximate surface area is 149 Å². The Morgan fingerprint density at radius 2 is 1.92 bits per heavy atom. The Hall–Kier alpha value is -2.67. The van der Waals surface area contributed by atoms with Crippen molar-refractivity contribution in [1.82, 2.24) is 19.7 Å². The molecule has 2 heterocycles. The van der Waals surface area contributed by atoms with E-state index in [1.54, 1.807) is 24.9 Å². The van der Waals surface area contributed by atoms with Gasteiger partial charge >= 0.3 is 0 Å². The quantitative estimate of drug-likeness (QED) is 0.542. The van der Waals surface area contributed by atoms with Gasteiger partial charge in [-0.25, -0.2) is 9.67 Å². The Morgan fingerprint density at radius 3 is 2.56 bits per heavy atom. The largest absolute Gasteiger partial charge is 0.355 e. The van der Waals surface area contributed by atoms with Gasteiger partial charge in [-0.15, -0.1) is 5.10 Å². The van der Waals surface area contributed by atoms with E-state index in [1.807, 2.05) is 30.3 Å². The molecule has 3 rings (SSSR count). The Bertz CT molecular complexity index is 928. The number of hydrogen-bond acceptors (Lipinski definition) is 5. The van der Waals surface area contributed by atoms with Crippen LogP contribution >= 0.6 is 11.8 Å². The number of benzene rings is 1. The molecule has 2 aromatic heterocycles. The maximum absolute atomic E-state index is 12.5. The summed E-state index contributed by atoms with van der Waals surface area (Å²) in [4.78, 5) is 31.4. The highest BCUT2D eigenvalue weighted by molar-refractivity contribution is 7.99. The molecular formula is C18H18N4O2S. The number of para-hydroxylation sites is 1. The lowest BCUT2D eigenvalue weighted by atomic mass is 10.1. The Morgan fingerprint density at radius 1 is 1.20 bits per heavy atom. The number of carbonyl (C=O) groups excluding carboxylic acids is 2. The Balaban J connectivity index is 1.70. The van der Waals surface area contributed by atoms with E-state index in [1.165, 1.54) is 18.7 Å². The molecule has 6 nitrogen and oxygen atoms in total. The fourth-order valence-corrected chi connectivity index (χ4v) is 3.45. The average Bonchev–Trinajstić information content (AvgIpc) is 3.18. The summed E-state index contributed by atoms with van der Waals surface area (Å²) in [6, 6.07) is 9.66. The lowest BCUT2D eigenvalue weighted by Gasteiger charge is -2.00. The number of aromatic nitrogens is 4. The smallest absolute Gasteiger partial charge is 0.209 e. The van der Waals surface area contributed by atoms with Gasteiger partial charge in [-0.3, -0.25) is 9.59 Å². The molecule has 0 unspecified atom stereocenters. The zero-order valence-corrected chi connectivity index (χ0v) is 15.1. The van der Waals surface area contributed by atoms with Crippen LogP contribution in [0.15, 0.2) is 41.8 Å². The summed E-state index contributed by atoms with van der Waals surface area (Å²) < 4.78 is 1.67. The molecule has 0 spiro atoms. The first-order valence-electron chi connectivity index (χ1n) is 7.80. The molecule has 0 aliphatic rings. The van der Waals surface area contributed by atoms with Crippen molar-refractivity contribution >= 4 is 23.3 Å². The van der Waals surface area contributed by atoms with Gasteiger partial charge in [0, 0.05) is 11.3 Å². The molecule has 1 aromatic carbocycles. The molecule has 0 aliphatic carbocycles. The van der Waals surface area contributed by atoms with Gasteiger partial charge in [-0.1, -0.05) is 30.0 Å². The number of ketones is 2. The van der Waals surface area contributed by atoms with Gasteiger partial charge < -0.3 is 4.98 Å². The molecule has 25 heavy (non-hydrogen) atoms. The molecule has 1 N–H and O–H groups in total. The molecular weight excluding hydrogens is 336 g/mol. The second-order valence-corrected chi connectivity index (χ2v) is 6.64. The molecule has 0 bridgehead atoms. The van der Waals surface area contributed by atoms with Crippen molar-refractivity contribution in [3.8, 4) is 5.69 Å². The number of nitrogens with one attached hydrogen (secondary N) is 1. The number of H-pyrrole nitrogens is 1. The second-order valence-electron chi connectivity index (χ2n) is 5.70. The number of rotatable bonds is 6. The molecule has 0 saturated heterocycles. The summed E-state index contributed by atoms with van der Waals surface area (Å²) in [6.45, 7) is 5.10. The lowest BCUT2D eigenvalue weighted by Crippen LogP contribution is -2.06. The number of thioether (sulfide) groups is 1. The maximum Gasteiger partial charge on any atom is 0.209 e. The van der Waals surface area contributed by atoms with Gasteiger partial charge in [-0.05, 0) is 38.5 Å². The monoisotopic (exact) mass is 354 g/mol. The minimum Gasteiger partial charge on any atom is -0.355 e. The lowest BCUT2D eigenvalue weighted by molar-refractivity contribution is 0.101. The highest BCUT2D eigenvalue weighted by Crippen LogP contribution is 2.22. The van der Waals surface area contributed by atoms with Crippen molar-refractivity contribution in [1.29, 1.82) is 0 Å². The highest BCUT2D eigenvalue weighted by atomic mass is 32.2. The fraction of sp³-hybridized carbons (Fsp3) is 0.222. The molecule has 0 atom stereocenters.